The van der Waals surface area contributed by atoms with Gasteiger partial charge in [-0.1, -0.05) is 26.0 Å². The van der Waals surface area contributed by atoms with Crippen LogP contribution < -0.4 is 15.4 Å². The Morgan fingerprint density at radius 1 is 0.838 bits per heavy atom. The zero-order chi connectivity index (χ0) is 25.8. The SMILES string of the molecule is COC(=O)c1ccccc1Nc1ccc(Nc2ccc(OCC3(C)CC4CC(C)CC(C4)C3)cc2)cc1. The van der Waals surface area contributed by atoms with Gasteiger partial charge in [0.15, 0.2) is 0 Å². The fourth-order valence-corrected chi connectivity index (χ4v) is 6.56. The lowest BCUT2D eigenvalue weighted by molar-refractivity contribution is 0.0146. The predicted octanol–water partition coefficient (Wildman–Crippen LogP) is 8.19. The van der Waals surface area contributed by atoms with Crippen molar-refractivity contribution in [2.75, 3.05) is 24.4 Å². The molecule has 5 heteroatoms. The molecule has 194 valence electrons. The molecule has 2 saturated carbocycles. The van der Waals surface area contributed by atoms with Gasteiger partial charge in [-0.2, -0.15) is 0 Å². The molecule has 0 amide bonds. The molecule has 0 heterocycles. The average Bonchev–Trinajstić information content (AvgIpc) is 2.88. The Hall–Kier alpha value is -3.47. The molecule has 2 fully saturated rings. The molecule has 2 aliphatic rings. The normalized spacial score (nSPS) is 24.7. The number of esters is 1. The molecule has 3 aromatic carbocycles. The molecule has 2 N–H and O–H groups in total. The number of nitrogens with one attached hydrogen (secondary N) is 2. The van der Waals surface area contributed by atoms with Crippen molar-refractivity contribution in [1.29, 1.82) is 0 Å². The second-order valence-corrected chi connectivity index (χ2v) is 11.4. The molecule has 0 saturated heterocycles. The minimum absolute atomic E-state index is 0.289. The Morgan fingerprint density at radius 3 is 2.03 bits per heavy atom. The van der Waals surface area contributed by atoms with E-state index in [0.29, 0.717) is 11.3 Å². The molecule has 2 atom stereocenters. The highest BCUT2D eigenvalue weighted by atomic mass is 16.5. The summed E-state index contributed by atoms with van der Waals surface area (Å²) in [5.41, 5.74) is 4.39. The third kappa shape index (κ3) is 6.27. The highest BCUT2D eigenvalue weighted by Crippen LogP contribution is 2.50. The number of carbonyl (C=O) groups excluding carboxylic acids is 1. The summed E-state index contributed by atoms with van der Waals surface area (Å²) in [7, 11) is 1.39. The summed E-state index contributed by atoms with van der Waals surface area (Å²) in [6.45, 7) is 5.64. The molecule has 5 nitrogen and oxygen atoms in total. The Morgan fingerprint density at radius 2 is 1.41 bits per heavy atom. The fourth-order valence-electron chi connectivity index (χ4n) is 6.56. The molecule has 2 aliphatic carbocycles. The van der Waals surface area contributed by atoms with Gasteiger partial charge in [-0.3, -0.25) is 0 Å². The van der Waals surface area contributed by atoms with E-state index in [0.717, 1.165) is 47.2 Å². The highest BCUT2D eigenvalue weighted by molar-refractivity contribution is 5.96. The van der Waals surface area contributed by atoms with Crippen molar-refractivity contribution in [3.8, 4) is 5.75 Å². The number of hydrogen-bond donors (Lipinski definition) is 2. The molecule has 5 rings (SSSR count). The average molecular weight is 499 g/mol. The zero-order valence-corrected chi connectivity index (χ0v) is 22.1. The smallest absolute Gasteiger partial charge is 0.339 e. The summed E-state index contributed by atoms with van der Waals surface area (Å²) in [4.78, 5) is 12.0. The third-order valence-electron chi connectivity index (χ3n) is 7.93. The van der Waals surface area contributed by atoms with E-state index in [1.54, 1.807) is 6.07 Å². The Balaban J connectivity index is 1.15. The second-order valence-electron chi connectivity index (χ2n) is 11.4. The van der Waals surface area contributed by atoms with Crippen LogP contribution in [0.5, 0.6) is 5.75 Å². The van der Waals surface area contributed by atoms with E-state index in [9.17, 15) is 4.79 Å². The number of anilines is 4. The zero-order valence-electron chi connectivity index (χ0n) is 22.1. The molecule has 0 aliphatic heterocycles. The first-order valence-electron chi connectivity index (χ1n) is 13.4. The van der Waals surface area contributed by atoms with Crippen LogP contribution >= 0.6 is 0 Å². The number of ether oxygens (including phenoxy) is 2. The number of para-hydroxylation sites is 1. The molecule has 0 radical (unpaired) electrons. The van der Waals surface area contributed by atoms with E-state index in [-0.39, 0.29) is 11.4 Å². The van der Waals surface area contributed by atoms with Gasteiger partial charge in [0.2, 0.25) is 0 Å². The molecular formula is C32H38N2O3. The molecule has 2 unspecified atom stereocenters. The lowest BCUT2D eigenvalue weighted by Gasteiger charge is -2.47. The van der Waals surface area contributed by atoms with Gasteiger partial charge in [0.1, 0.15) is 5.75 Å². The summed E-state index contributed by atoms with van der Waals surface area (Å²) in [6.07, 6.45) is 6.81. The number of hydrogen-bond acceptors (Lipinski definition) is 5. The van der Waals surface area contributed by atoms with Crippen LogP contribution in [-0.2, 0) is 4.74 Å². The van der Waals surface area contributed by atoms with E-state index >= 15 is 0 Å². The van der Waals surface area contributed by atoms with E-state index in [4.69, 9.17) is 9.47 Å². The maximum absolute atomic E-state index is 12.0. The van der Waals surface area contributed by atoms with Crippen molar-refractivity contribution >= 4 is 28.7 Å². The number of methoxy groups -OCH3 is 1. The first-order valence-corrected chi connectivity index (χ1v) is 13.4. The van der Waals surface area contributed by atoms with Crippen LogP contribution in [0, 0.1) is 23.2 Å². The first-order chi connectivity index (χ1) is 17.9. The minimum Gasteiger partial charge on any atom is -0.493 e. The largest absolute Gasteiger partial charge is 0.493 e. The number of benzene rings is 3. The van der Waals surface area contributed by atoms with Crippen molar-refractivity contribution in [2.24, 2.45) is 23.2 Å². The Labute approximate surface area is 220 Å². The summed E-state index contributed by atoms with van der Waals surface area (Å²) < 4.78 is 11.2. The number of carbonyl (C=O) groups is 1. The van der Waals surface area contributed by atoms with Crippen molar-refractivity contribution in [2.45, 2.75) is 46.0 Å². The molecule has 37 heavy (non-hydrogen) atoms. The van der Waals surface area contributed by atoms with E-state index in [1.807, 2.05) is 42.5 Å². The molecule has 2 bridgehead atoms. The highest BCUT2D eigenvalue weighted by Gasteiger charge is 2.41. The van der Waals surface area contributed by atoms with Gasteiger partial charge in [0.25, 0.3) is 0 Å². The van der Waals surface area contributed by atoms with Crippen molar-refractivity contribution in [3.05, 3.63) is 78.4 Å². The van der Waals surface area contributed by atoms with E-state index < -0.39 is 0 Å². The van der Waals surface area contributed by atoms with Crippen LogP contribution in [0.3, 0.4) is 0 Å². The fraction of sp³-hybridized carbons (Fsp3) is 0.406. The summed E-state index contributed by atoms with van der Waals surface area (Å²) in [5, 5.41) is 6.75. The van der Waals surface area contributed by atoms with Crippen LogP contribution in [0.2, 0.25) is 0 Å². The van der Waals surface area contributed by atoms with Crippen molar-refractivity contribution in [1.82, 2.24) is 0 Å². The van der Waals surface area contributed by atoms with E-state index in [1.165, 1.54) is 39.2 Å². The van der Waals surface area contributed by atoms with Crippen LogP contribution in [0.4, 0.5) is 22.7 Å². The molecule has 3 aromatic rings. The van der Waals surface area contributed by atoms with Gasteiger partial charge in [-0.25, -0.2) is 4.79 Å². The molecule has 0 aromatic heterocycles. The Bertz CT molecular complexity index is 1190. The van der Waals surface area contributed by atoms with Gasteiger partial charge in [0.05, 0.1) is 25.0 Å². The first kappa shape index (κ1) is 25.2. The van der Waals surface area contributed by atoms with Gasteiger partial charge < -0.3 is 20.1 Å². The molecular weight excluding hydrogens is 460 g/mol. The van der Waals surface area contributed by atoms with Crippen LogP contribution in [-0.4, -0.2) is 19.7 Å². The van der Waals surface area contributed by atoms with Gasteiger partial charge in [-0.15, -0.1) is 0 Å². The monoisotopic (exact) mass is 498 g/mol. The third-order valence-corrected chi connectivity index (χ3v) is 7.93. The second kappa shape index (κ2) is 10.9. The standard InChI is InChI=1S/C32H38N2O3/c1-22-16-23-18-24(17-22)20-32(2,19-23)21-37-28-14-12-26(13-15-28)33-25-8-10-27(11-9-25)34-30-7-5-4-6-29(30)31(35)36-3/h4-15,22-24,33-34H,16-21H2,1-3H3. The van der Waals surface area contributed by atoms with E-state index in [2.05, 4.69) is 48.7 Å². The van der Waals surface area contributed by atoms with Crippen LogP contribution in [0.25, 0.3) is 0 Å². The van der Waals surface area contributed by atoms with Crippen LogP contribution in [0.15, 0.2) is 72.8 Å². The molecule has 0 spiro atoms. The van der Waals surface area contributed by atoms with Gasteiger partial charge in [0, 0.05) is 22.5 Å². The van der Waals surface area contributed by atoms with Crippen LogP contribution in [0.1, 0.15) is 56.3 Å². The lowest BCUT2D eigenvalue weighted by Crippen LogP contribution is -2.39. The maximum atomic E-state index is 12.0. The lowest BCUT2D eigenvalue weighted by atomic mass is 9.60. The maximum Gasteiger partial charge on any atom is 0.339 e. The van der Waals surface area contributed by atoms with Crippen molar-refractivity contribution in [3.63, 3.8) is 0 Å². The number of fused-ring (bicyclic) bond motifs is 2. The quantitative estimate of drug-likeness (QED) is 0.307. The summed E-state index contributed by atoms with van der Waals surface area (Å²) in [6, 6.07) is 23.5. The summed E-state index contributed by atoms with van der Waals surface area (Å²) >= 11 is 0. The summed E-state index contributed by atoms with van der Waals surface area (Å²) in [5.74, 6) is 3.22. The number of rotatable bonds is 8. The minimum atomic E-state index is -0.362. The van der Waals surface area contributed by atoms with Gasteiger partial charge >= 0.3 is 5.97 Å². The topological polar surface area (TPSA) is 59.6 Å². The Kier molecular flexibility index (Phi) is 7.40. The van der Waals surface area contributed by atoms with Gasteiger partial charge in [-0.05, 0) is 111 Å². The predicted molar refractivity (Wildman–Crippen MR) is 150 cm³/mol. The van der Waals surface area contributed by atoms with Crippen molar-refractivity contribution < 1.29 is 14.3 Å².